The number of nitrogens with two attached hydrogens (primary N) is 1. The van der Waals surface area contributed by atoms with Crippen molar-refractivity contribution in [1.29, 1.82) is 0 Å². The second kappa shape index (κ2) is 6.38. The van der Waals surface area contributed by atoms with Gasteiger partial charge in [-0.25, -0.2) is 0 Å². The van der Waals surface area contributed by atoms with Gasteiger partial charge in [-0.2, -0.15) is 0 Å². The Labute approximate surface area is 87.6 Å². The molecule has 0 amide bonds. The molecule has 84 valence electrons. The molecule has 0 unspecified atom stereocenters. The van der Waals surface area contributed by atoms with Crippen molar-refractivity contribution in [2.45, 2.75) is 45.3 Å². The Morgan fingerprint density at radius 1 is 1.29 bits per heavy atom. The number of rotatable bonds is 6. The fourth-order valence-corrected chi connectivity index (χ4v) is 2.07. The van der Waals surface area contributed by atoms with E-state index in [-0.39, 0.29) is 0 Å². The van der Waals surface area contributed by atoms with E-state index in [9.17, 15) is 0 Å². The van der Waals surface area contributed by atoms with E-state index in [4.69, 9.17) is 10.5 Å². The highest BCUT2D eigenvalue weighted by atomic mass is 16.5. The summed E-state index contributed by atoms with van der Waals surface area (Å²) in [4.78, 5) is 2.46. The highest BCUT2D eigenvalue weighted by molar-refractivity contribution is 4.76. The molecule has 1 rings (SSSR count). The standard InChI is InChI=1S/C11H24N2O/c1-3-7-13(4-2)9-11-6-5-10(8-12)14-11/h10-11H,3-9,12H2,1-2H3/t10-,11+/m1/s1. The van der Waals surface area contributed by atoms with E-state index < -0.39 is 0 Å². The molecule has 0 aromatic rings. The largest absolute Gasteiger partial charge is 0.372 e. The van der Waals surface area contributed by atoms with Gasteiger partial charge in [0, 0.05) is 13.1 Å². The number of nitrogens with zero attached hydrogens (tertiary/aromatic N) is 1. The van der Waals surface area contributed by atoms with E-state index in [1.807, 2.05) is 0 Å². The minimum Gasteiger partial charge on any atom is -0.372 e. The summed E-state index contributed by atoms with van der Waals surface area (Å²) in [6.45, 7) is 8.51. The van der Waals surface area contributed by atoms with Crippen LogP contribution in [0.3, 0.4) is 0 Å². The third-order valence-electron chi connectivity index (χ3n) is 2.91. The lowest BCUT2D eigenvalue weighted by Gasteiger charge is -2.23. The maximum absolute atomic E-state index is 5.82. The minimum absolute atomic E-state index is 0.320. The zero-order valence-electron chi connectivity index (χ0n) is 9.54. The van der Waals surface area contributed by atoms with Crippen LogP contribution >= 0.6 is 0 Å². The van der Waals surface area contributed by atoms with Gasteiger partial charge in [0.2, 0.25) is 0 Å². The first kappa shape index (κ1) is 12.0. The lowest BCUT2D eigenvalue weighted by atomic mass is 10.2. The first-order valence-corrected chi connectivity index (χ1v) is 5.88. The molecule has 2 N–H and O–H groups in total. The smallest absolute Gasteiger partial charge is 0.0707 e. The maximum Gasteiger partial charge on any atom is 0.0707 e. The summed E-state index contributed by atoms with van der Waals surface area (Å²) >= 11 is 0. The van der Waals surface area contributed by atoms with Crippen LogP contribution in [0.25, 0.3) is 0 Å². The summed E-state index contributed by atoms with van der Waals surface area (Å²) < 4.78 is 5.82. The van der Waals surface area contributed by atoms with Crippen LogP contribution in [0, 0.1) is 0 Å². The molecular weight excluding hydrogens is 176 g/mol. The van der Waals surface area contributed by atoms with E-state index in [0.717, 1.165) is 19.5 Å². The van der Waals surface area contributed by atoms with Crippen molar-refractivity contribution in [3.8, 4) is 0 Å². The molecule has 1 heterocycles. The average Bonchev–Trinajstić information content (AvgIpc) is 2.65. The van der Waals surface area contributed by atoms with Gasteiger partial charge in [0.25, 0.3) is 0 Å². The monoisotopic (exact) mass is 200 g/mol. The predicted molar refractivity (Wildman–Crippen MR) is 59.4 cm³/mol. The molecule has 0 saturated carbocycles. The van der Waals surface area contributed by atoms with Gasteiger partial charge in [-0.05, 0) is 32.4 Å². The van der Waals surface area contributed by atoms with Gasteiger partial charge < -0.3 is 15.4 Å². The number of hydrogen-bond acceptors (Lipinski definition) is 3. The van der Waals surface area contributed by atoms with Gasteiger partial charge in [0.1, 0.15) is 0 Å². The Bertz CT molecular complexity index is 152. The molecule has 0 aromatic carbocycles. The molecular formula is C11H24N2O. The summed E-state index contributed by atoms with van der Waals surface area (Å²) in [7, 11) is 0. The Balaban J connectivity index is 2.22. The van der Waals surface area contributed by atoms with Gasteiger partial charge in [-0.15, -0.1) is 0 Å². The van der Waals surface area contributed by atoms with Gasteiger partial charge in [0.15, 0.2) is 0 Å². The van der Waals surface area contributed by atoms with Crippen molar-refractivity contribution in [3.05, 3.63) is 0 Å². The summed E-state index contributed by atoms with van der Waals surface area (Å²) in [5, 5.41) is 0. The second-order valence-electron chi connectivity index (χ2n) is 4.09. The number of ether oxygens (including phenoxy) is 1. The molecule has 1 aliphatic rings. The van der Waals surface area contributed by atoms with Crippen LogP contribution in [0.2, 0.25) is 0 Å². The quantitative estimate of drug-likeness (QED) is 0.701. The maximum atomic E-state index is 5.82. The van der Waals surface area contributed by atoms with Gasteiger partial charge in [0.05, 0.1) is 12.2 Å². The van der Waals surface area contributed by atoms with Crippen LogP contribution in [0.4, 0.5) is 0 Å². The van der Waals surface area contributed by atoms with Crippen molar-refractivity contribution in [2.24, 2.45) is 5.73 Å². The third kappa shape index (κ3) is 3.56. The molecule has 1 fully saturated rings. The first-order valence-electron chi connectivity index (χ1n) is 5.88. The Morgan fingerprint density at radius 3 is 2.50 bits per heavy atom. The van der Waals surface area contributed by atoms with Gasteiger partial charge in [-0.1, -0.05) is 13.8 Å². The van der Waals surface area contributed by atoms with Crippen LogP contribution in [0.5, 0.6) is 0 Å². The lowest BCUT2D eigenvalue weighted by Crippen LogP contribution is -2.33. The first-order chi connectivity index (χ1) is 6.80. The van der Waals surface area contributed by atoms with Crippen molar-refractivity contribution in [1.82, 2.24) is 4.90 Å². The fraction of sp³-hybridized carbons (Fsp3) is 1.00. The highest BCUT2D eigenvalue weighted by Crippen LogP contribution is 2.19. The highest BCUT2D eigenvalue weighted by Gasteiger charge is 2.25. The summed E-state index contributed by atoms with van der Waals surface area (Å²) in [5.41, 5.74) is 5.58. The van der Waals surface area contributed by atoms with E-state index in [0.29, 0.717) is 18.8 Å². The molecule has 0 bridgehead atoms. The van der Waals surface area contributed by atoms with Crippen LogP contribution in [0.15, 0.2) is 0 Å². The molecule has 2 atom stereocenters. The van der Waals surface area contributed by atoms with E-state index in [1.54, 1.807) is 0 Å². The van der Waals surface area contributed by atoms with Crippen molar-refractivity contribution in [2.75, 3.05) is 26.2 Å². The molecule has 3 nitrogen and oxygen atoms in total. The number of likely N-dealkylation sites (N-methyl/N-ethyl adjacent to an activating group) is 1. The van der Waals surface area contributed by atoms with Crippen molar-refractivity contribution < 1.29 is 4.74 Å². The van der Waals surface area contributed by atoms with Crippen LogP contribution < -0.4 is 5.73 Å². The molecule has 3 heteroatoms. The van der Waals surface area contributed by atoms with Crippen LogP contribution in [-0.2, 0) is 4.74 Å². The molecule has 0 radical (unpaired) electrons. The van der Waals surface area contributed by atoms with Crippen LogP contribution in [-0.4, -0.2) is 43.3 Å². The normalized spacial score (nSPS) is 27.4. The third-order valence-corrected chi connectivity index (χ3v) is 2.91. The van der Waals surface area contributed by atoms with E-state index in [2.05, 4.69) is 18.7 Å². The van der Waals surface area contributed by atoms with Crippen molar-refractivity contribution in [3.63, 3.8) is 0 Å². The second-order valence-corrected chi connectivity index (χ2v) is 4.09. The molecule has 0 aromatic heterocycles. The predicted octanol–water partition coefficient (Wildman–Crippen LogP) is 1.22. The molecule has 14 heavy (non-hydrogen) atoms. The fourth-order valence-electron chi connectivity index (χ4n) is 2.07. The Kier molecular flexibility index (Phi) is 5.45. The van der Waals surface area contributed by atoms with E-state index in [1.165, 1.54) is 19.4 Å². The van der Waals surface area contributed by atoms with Crippen molar-refractivity contribution >= 4 is 0 Å². The average molecular weight is 200 g/mol. The van der Waals surface area contributed by atoms with E-state index >= 15 is 0 Å². The summed E-state index contributed by atoms with van der Waals surface area (Å²) in [6, 6.07) is 0. The minimum atomic E-state index is 0.320. The zero-order valence-corrected chi connectivity index (χ0v) is 9.54. The summed E-state index contributed by atoms with van der Waals surface area (Å²) in [6.07, 6.45) is 4.30. The lowest BCUT2D eigenvalue weighted by molar-refractivity contribution is 0.0280. The molecule has 1 aliphatic heterocycles. The molecule has 0 spiro atoms. The van der Waals surface area contributed by atoms with Gasteiger partial charge >= 0.3 is 0 Å². The number of hydrogen-bond donors (Lipinski definition) is 1. The SMILES string of the molecule is CCCN(CC)C[C@@H]1CC[C@H](CN)O1. The Morgan fingerprint density at radius 2 is 2.00 bits per heavy atom. The topological polar surface area (TPSA) is 38.5 Å². The van der Waals surface area contributed by atoms with Gasteiger partial charge in [-0.3, -0.25) is 0 Å². The molecule has 1 saturated heterocycles. The van der Waals surface area contributed by atoms with Crippen LogP contribution in [0.1, 0.15) is 33.1 Å². The molecule has 0 aliphatic carbocycles. The zero-order chi connectivity index (χ0) is 10.4. The summed E-state index contributed by atoms with van der Waals surface area (Å²) in [5.74, 6) is 0. The Hall–Kier alpha value is -0.120.